The van der Waals surface area contributed by atoms with Crippen molar-refractivity contribution in [3.8, 4) is 0 Å². The maximum absolute atomic E-state index is 11.9. The lowest BCUT2D eigenvalue weighted by atomic mass is 10.1. The molecule has 1 aromatic carbocycles. The van der Waals surface area contributed by atoms with Crippen molar-refractivity contribution in [3.05, 3.63) is 35.4 Å². The molecule has 1 aromatic rings. The molecule has 0 heterocycles. The zero-order valence-electron chi connectivity index (χ0n) is 12.0. The number of rotatable bonds is 9. The van der Waals surface area contributed by atoms with Gasteiger partial charge in [-0.2, -0.15) is 0 Å². The van der Waals surface area contributed by atoms with Crippen LogP contribution in [-0.4, -0.2) is 39.8 Å². The predicted molar refractivity (Wildman–Crippen MR) is 79.3 cm³/mol. The first-order valence-electron chi connectivity index (χ1n) is 6.74. The second-order valence-corrected chi connectivity index (χ2v) is 6.44. The second-order valence-electron chi connectivity index (χ2n) is 4.63. The van der Waals surface area contributed by atoms with Gasteiger partial charge in [0.05, 0.1) is 18.4 Å². The van der Waals surface area contributed by atoms with E-state index in [1.807, 2.05) is 0 Å². The summed E-state index contributed by atoms with van der Waals surface area (Å²) in [5.41, 5.74) is 0.855. The fourth-order valence-corrected chi connectivity index (χ4v) is 2.99. The summed E-state index contributed by atoms with van der Waals surface area (Å²) in [7, 11) is -2.16. The summed E-state index contributed by atoms with van der Waals surface area (Å²) in [5.74, 6) is -0.677. The molecule has 6 nitrogen and oxygen atoms in total. The number of hydrogen-bond donors (Lipinski definition) is 2. The number of benzene rings is 1. The molecule has 0 unspecified atom stereocenters. The van der Waals surface area contributed by atoms with E-state index in [9.17, 15) is 13.2 Å². The van der Waals surface area contributed by atoms with Crippen LogP contribution in [0, 0.1) is 0 Å². The van der Waals surface area contributed by atoms with E-state index in [1.165, 1.54) is 13.2 Å². The summed E-state index contributed by atoms with van der Waals surface area (Å²) >= 11 is 0. The first-order chi connectivity index (χ1) is 9.98. The van der Waals surface area contributed by atoms with E-state index in [-0.39, 0.29) is 12.4 Å². The van der Waals surface area contributed by atoms with Crippen molar-refractivity contribution in [2.24, 2.45) is 0 Å². The van der Waals surface area contributed by atoms with Gasteiger partial charge < -0.3 is 9.84 Å². The molecule has 0 aromatic heterocycles. The van der Waals surface area contributed by atoms with E-state index in [0.717, 1.165) is 6.42 Å². The molecule has 0 saturated carbocycles. The minimum absolute atomic E-state index is 0.118. The van der Waals surface area contributed by atoms with Crippen LogP contribution in [0.1, 0.15) is 35.2 Å². The van der Waals surface area contributed by atoms with Gasteiger partial charge in [-0.05, 0) is 37.0 Å². The van der Waals surface area contributed by atoms with Crippen molar-refractivity contribution in [1.29, 1.82) is 0 Å². The summed E-state index contributed by atoms with van der Waals surface area (Å²) in [5, 5.41) is 8.64. The molecule has 0 atom stereocenters. The summed E-state index contributed by atoms with van der Waals surface area (Å²) in [6, 6.07) is 6.36. The number of nitrogens with one attached hydrogen (secondary N) is 1. The third-order valence-electron chi connectivity index (χ3n) is 2.86. The maximum Gasteiger partial charge on any atom is 0.337 e. The lowest BCUT2D eigenvalue weighted by Gasteiger charge is -2.07. The Bertz CT molecular complexity index is 556. The molecule has 0 amide bonds. The van der Waals surface area contributed by atoms with E-state index in [2.05, 4.69) is 9.46 Å². The Morgan fingerprint density at radius 1 is 1.29 bits per heavy atom. The normalized spacial score (nSPS) is 11.3. The van der Waals surface area contributed by atoms with Crippen molar-refractivity contribution >= 4 is 16.0 Å². The molecule has 0 radical (unpaired) electrons. The van der Waals surface area contributed by atoms with Crippen molar-refractivity contribution in [2.45, 2.75) is 25.0 Å². The number of carbonyl (C=O) groups is 1. The first-order valence-corrected chi connectivity index (χ1v) is 8.39. The lowest BCUT2D eigenvalue weighted by molar-refractivity contribution is 0.0600. The Morgan fingerprint density at radius 2 is 2.05 bits per heavy atom. The topological polar surface area (TPSA) is 92.7 Å². The monoisotopic (exact) mass is 315 g/mol. The van der Waals surface area contributed by atoms with Crippen LogP contribution >= 0.6 is 0 Å². The van der Waals surface area contributed by atoms with Crippen LogP contribution in [0.2, 0.25) is 0 Å². The number of aliphatic hydroxyl groups is 1. The lowest BCUT2D eigenvalue weighted by Crippen LogP contribution is -2.26. The number of esters is 1. The van der Waals surface area contributed by atoms with E-state index in [0.29, 0.717) is 30.5 Å². The standard InChI is InChI=1S/C14H21NO5S/c1-20-14(17)13-7-5-6-12(10-13)11-21(18,19)15-8-3-2-4-9-16/h5-7,10,15-16H,2-4,8-9,11H2,1H3. The third-order valence-corrected chi connectivity index (χ3v) is 4.22. The second kappa shape index (κ2) is 8.76. The number of carbonyl (C=O) groups excluding carboxylic acids is 1. The molecule has 0 spiro atoms. The van der Waals surface area contributed by atoms with E-state index < -0.39 is 16.0 Å². The van der Waals surface area contributed by atoms with E-state index >= 15 is 0 Å². The van der Waals surface area contributed by atoms with Crippen LogP contribution in [0.5, 0.6) is 0 Å². The fourth-order valence-electron chi connectivity index (χ4n) is 1.82. The minimum atomic E-state index is -3.44. The zero-order chi connectivity index (χ0) is 15.7. The molecule has 0 bridgehead atoms. The number of aliphatic hydroxyl groups excluding tert-OH is 1. The van der Waals surface area contributed by atoms with Crippen molar-refractivity contribution in [2.75, 3.05) is 20.3 Å². The fraction of sp³-hybridized carbons (Fsp3) is 0.500. The average molecular weight is 315 g/mol. The molecular formula is C14H21NO5S. The molecule has 118 valence electrons. The van der Waals surface area contributed by atoms with E-state index in [4.69, 9.17) is 5.11 Å². The van der Waals surface area contributed by atoms with Crippen molar-refractivity contribution in [1.82, 2.24) is 4.72 Å². The third kappa shape index (κ3) is 6.70. The van der Waals surface area contributed by atoms with Gasteiger partial charge in [-0.1, -0.05) is 12.1 Å². The smallest absolute Gasteiger partial charge is 0.337 e. The summed E-state index contributed by atoms with van der Waals surface area (Å²) in [6.07, 6.45) is 2.13. The van der Waals surface area contributed by atoms with Gasteiger partial charge in [0, 0.05) is 13.2 Å². The molecule has 0 aliphatic rings. The summed E-state index contributed by atoms with van der Waals surface area (Å²) < 4.78 is 30.9. The van der Waals surface area contributed by atoms with Gasteiger partial charge in [-0.15, -0.1) is 0 Å². The number of sulfonamides is 1. The number of unbranched alkanes of at least 4 members (excludes halogenated alkanes) is 2. The Balaban J connectivity index is 2.56. The van der Waals surface area contributed by atoms with Gasteiger partial charge in [-0.3, -0.25) is 0 Å². The summed E-state index contributed by atoms with van der Waals surface area (Å²) in [4.78, 5) is 11.4. The van der Waals surface area contributed by atoms with Crippen LogP contribution < -0.4 is 4.72 Å². The van der Waals surface area contributed by atoms with Crippen LogP contribution in [0.15, 0.2) is 24.3 Å². The Kier molecular flexibility index (Phi) is 7.35. The molecule has 2 N–H and O–H groups in total. The quantitative estimate of drug-likeness (QED) is 0.525. The van der Waals surface area contributed by atoms with Crippen LogP contribution in [0.4, 0.5) is 0 Å². The SMILES string of the molecule is COC(=O)c1cccc(CS(=O)(=O)NCCCCCO)c1. The summed E-state index contributed by atoms with van der Waals surface area (Å²) in [6.45, 7) is 0.464. The highest BCUT2D eigenvalue weighted by atomic mass is 32.2. The van der Waals surface area contributed by atoms with Gasteiger partial charge in [0.2, 0.25) is 10.0 Å². The Morgan fingerprint density at radius 3 is 2.71 bits per heavy atom. The van der Waals surface area contributed by atoms with Crippen molar-refractivity contribution in [3.63, 3.8) is 0 Å². The highest BCUT2D eigenvalue weighted by molar-refractivity contribution is 7.88. The van der Waals surface area contributed by atoms with E-state index in [1.54, 1.807) is 18.2 Å². The Labute approximate surface area is 125 Å². The van der Waals surface area contributed by atoms with Gasteiger partial charge in [0.25, 0.3) is 0 Å². The van der Waals surface area contributed by atoms with Crippen LogP contribution in [-0.2, 0) is 20.5 Å². The zero-order valence-corrected chi connectivity index (χ0v) is 12.9. The van der Waals surface area contributed by atoms with Gasteiger partial charge in [0.1, 0.15) is 0 Å². The number of hydrogen-bond acceptors (Lipinski definition) is 5. The van der Waals surface area contributed by atoms with Gasteiger partial charge in [0.15, 0.2) is 0 Å². The first kappa shape index (κ1) is 17.6. The van der Waals surface area contributed by atoms with Gasteiger partial charge >= 0.3 is 5.97 Å². The van der Waals surface area contributed by atoms with Crippen LogP contribution in [0.25, 0.3) is 0 Å². The van der Waals surface area contributed by atoms with Crippen molar-refractivity contribution < 1.29 is 23.1 Å². The molecule has 0 aliphatic heterocycles. The molecular weight excluding hydrogens is 294 g/mol. The highest BCUT2D eigenvalue weighted by Gasteiger charge is 2.13. The van der Waals surface area contributed by atoms with Gasteiger partial charge in [-0.25, -0.2) is 17.9 Å². The number of ether oxygens (including phenoxy) is 1. The molecule has 0 aliphatic carbocycles. The molecule has 0 saturated heterocycles. The molecule has 7 heteroatoms. The maximum atomic E-state index is 11.9. The van der Waals surface area contributed by atoms with Crippen LogP contribution in [0.3, 0.4) is 0 Å². The minimum Gasteiger partial charge on any atom is -0.465 e. The highest BCUT2D eigenvalue weighted by Crippen LogP contribution is 2.10. The number of methoxy groups -OCH3 is 1. The predicted octanol–water partition coefficient (Wildman–Crippen LogP) is 1.06. The molecule has 0 fully saturated rings. The Hall–Kier alpha value is -1.44. The average Bonchev–Trinajstić information content (AvgIpc) is 2.46. The largest absolute Gasteiger partial charge is 0.465 e. The molecule has 1 rings (SSSR count). The molecule has 21 heavy (non-hydrogen) atoms.